The Balaban J connectivity index is 2.35. The van der Waals surface area contributed by atoms with Gasteiger partial charge in [0.25, 0.3) is 5.91 Å². The first-order valence-corrected chi connectivity index (χ1v) is 10.7. The van der Waals surface area contributed by atoms with Gasteiger partial charge in [-0.2, -0.15) is 13.2 Å². The van der Waals surface area contributed by atoms with Crippen LogP contribution >= 0.6 is 11.8 Å². The monoisotopic (exact) mass is 463 g/mol. The van der Waals surface area contributed by atoms with E-state index in [9.17, 15) is 22.9 Å². The Labute approximate surface area is 189 Å². The number of carbonyl (C=O) groups excluding carboxylic acids is 1. The molecule has 5 nitrogen and oxygen atoms in total. The maximum Gasteiger partial charge on any atom is 0.416 e. The van der Waals surface area contributed by atoms with Crippen LogP contribution in [-0.4, -0.2) is 17.9 Å². The van der Waals surface area contributed by atoms with Gasteiger partial charge in [0.2, 0.25) is 0 Å². The van der Waals surface area contributed by atoms with Gasteiger partial charge in [0.15, 0.2) is 0 Å². The van der Waals surface area contributed by atoms with Crippen molar-refractivity contribution >= 4 is 29.0 Å². The second kappa shape index (κ2) is 11.5. The average molecular weight is 464 g/mol. The fraction of sp³-hybridized carbons (Fsp3) is 0.261. The van der Waals surface area contributed by atoms with E-state index < -0.39 is 17.6 Å². The number of hydrogen-bond donors (Lipinski definition) is 1. The highest BCUT2D eigenvalue weighted by atomic mass is 32.2. The largest absolute Gasteiger partial charge is 0.416 e. The van der Waals surface area contributed by atoms with E-state index in [1.165, 1.54) is 36.0 Å². The van der Waals surface area contributed by atoms with Crippen LogP contribution in [0.4, 0.5) is 24.5 Å². The Hall–Kier alpha value is -3.07. The zero-order valence-electron chi connectivity index (χ0n) is 17.9. The Morgan fingerprint density at radius 1 is 1.19 bits per heavy atom. The first-order chi connectivity index (χ1) is 15.2. The molecular weight excluding hydrogens is 439 g/mol. The number of alkyl halides is 3. The second-order valence-electron chi connectivity index (χ2n) is 6.83. The molecule has 0 aliphatic rings. The highest BCUT2D eigenvalue weighted by Gasteiger charge is 2.30. The van der Waals surface area contributed by atoms with Crippen molar-refractivity contribution in [3.05, 3.63) is 81.9 Å². The Morgan fingerprint density at radius 2 is 1.88 bits per heavy atom. The van der Waals surface area contributed by atoms with Crippen molar-refractivity contribution in [3.63, 3.8) is 0 Å². The molecule has 0 aliphatic heterocycles. The molecule has 0 radical (unpaired) electrons. The molecule has 0 saturated carbocycles. The molecule has 1 N–H and O–H groups in total. The number of unbranched alkanes of at least 4 members (excludes halogenated alkanes) is 1. The lowest BCUT2D eigenvalue weighted by atomic mass is 10.1. The van der Waals surface area contributed by atoms with Crippen LogP contribution in [-0.2, 0) is 6.18 Å². The molecule has 1 amide bonds. The summed E-state index contributed by atoms with van der Waals surface area (Å²) in [5.74, 6) is -0.554. The van der Waals surface area contributed by atoms with Gasteiger partial charge in [-0.05, 0) is 67.2 Å². The summed E-state index contributed by atoms with van der Waals surface area (Å²) in [6, 6.07) is 8.66. The fourth-order valence-electron chi connectivity index (χ4n) is 2.72. The van der Waals surface area contributed by atoms with E-state index >= 15 is 0 Å². The molecule has 0 spiro atoms. The number of benzene rings is 2. The highest BCUT2D eigenvalue weighted by molar-refractivity contribution is 8.03. The standard InChI is InChI=1S/C23H24F3N3O2S/c1-4-6-7-21(29(3)14-5-2)32-20-13-12-18(28-31)15-19(20)22(30)27-17-10-8-16(9-11-17)23(24,25)26/h5,7-15H,4,6H2,1-3H3,(H,27,30)/b14-5-,21-7-. The van der Waals surface area contributed by atoms with E-state index in [2.05, 4.69) is 17.4 Å². The summed E-state index contributed by atoms with van der Waals surface area (Å²) >= 11 is 1.35. The normalized spacial score (nSPS) is 12.1. The molecule has 0 atom stereocenters. The number of rotatable bonds is 9. The van der Waals surface area contributed by atoms with E-state index in [4.69, 9.17) is 0 Å². The second-order valence-corrected chi connectivity index (χ2v) is 7.89. The molecule has 0 aliphatic carbocycles. The third-order valence-electron chi connectivity index (χ3n) is 4.33. The van der Waals surface area contributed by atoms with Gasteiger partial charge >= 0.3 is 6.18 Å². The summed E-state index contributed by atoms with van der Waals surface area (Å²) in [6.45, 7) is 3.95. The van der Waals surface area contributed by atoms with Crippen molar-refractivity contribution in [3.8, 4) is 0 Å². The van der Waals surface area contributed by atoms with Crippen LogP contribution in [0.5, 0.6) is 0 Å². The van der Waals surface area contributed by atoms with Gasteiger partial charge in [-0.3, -0.25) is 4.79 Å². The number of carbonyl (C=O) groups is 1. The van der Waals surface area contributed by atoms with Crippen LogP contribution in [0.3, 0.4) is 0 Å². The number of halogens is 3. The smallest absolute Gasteiger partial charge is 0.346 e. The van der Waals surface area contributed by atoms with E-state index in [1.807, 2.05) is 37.2 Å². The lowest BCUT2D eigenvalue weighted by molar-refractivity contribution is -0.137. The third-order valence-corrected chi connectivity index (χ3v) is 5.57. The zero-order chi connectivity index (χ0) is 23.7. The molecule has 0 bridgehead atoms. The highest BCUT2D eigenvalue weighted by Crippen LogP contribution is 2.35. The van der Waals surface area contributed by atoms with Crippen molar-refractivity contribution < 1.29 is 18.0 Å². The molecule has 2 aromatic carbocycles. The van der Waals surface area contributed by atoms with Gasteiger partial charge in [0.1, 0.15) is 5.69 Å². The minimum atomic E-state index is -4.46. The van der Waals surface area contributed by atoms with Crippen LogP contribution in [0, 0.1) is 4.91 Å². The van der Waals surface area contributed by atoms with Crippen molar-refractivity contribution in [2.24, 2.45) is 5.18 Å². The third kappa shape index (κ3) is 6.98. The first kappa shape index (κ1) is 25.2. The predicted octanol–water partition coefficient (Wildman–Crippen LogP) is 7.55. The van der Waals surface area contributed by atoms with Crippen molar-refractivity contribution in [2.45, 2.75) is 37.8 Å². The summed E-state index contributed by atoms with van der Waals surface area (Å²) in [5.41, 5.74) is -0.330. The fourth-order valence-corrected chi connectivity index (χ4v) is 3.75. The van der Waals surface area contributed by atoms with Crippen molar-refractivity contribution in [2.75, 3.05) is 12.4 Å². The topological polar surface area (TPSA) is 61.8 Å². The number of amides is 1. The minimum Gasteiger partial charge on any atom is -0.346 e. The van der Waals surface area contributed by atoms with Gasteiger partial charge in [-0.15, -0.1) is 4.91 Å². The summed E-state index contributed by atoms with van der Waals surface area (Å²) in [6.07, 6.45) is 3.15. The first-order valence-electron chi connectivity index (χ1n) is 9.89. The molecule has 2 rings (SSSR count). The minimum absolute atomic E-state index is 0.0767. The van der Waals surface area contributed by atoms with Gasteiger partial charge in [-0.25, -0.2) is 0 Å². The molecule has 0 unspecified atom stereocenters. The molecule has 32 heavy (non-hydrogen) atoms. The molecule has 2 aromatic rings. The Morgan fingerprint density at radius 3 is 2.44 bits per heavy atom. The molecule has 0 heterocycles. The van der Waals surface area contributed by atoms with Gasteiger partial charge in [0, 0.05) is 17.6 Å². The van der Waals surface area contributed by atoms with E-state index in [0.717, 1.165) is 30.0 Å². The Kier molecular flexibility index (Phi) is 9.07. The van der Waals surface area contributed by atoms with Crippen LogP contribution in [0.1, 0.15) is 42.6 Å². The SMILES string of the molecule is C/C=C\N(C)/C(=C/CCC)Sc1ccc(N=O)cc1C(=O)Nc1ccc(C(F)(F)F)cc1. The number of nitroso groups, excluding NO2 is 1. The van der Waals surface area contributed by atoms with E-state index in [1.54, 1.807) is 6.07 Å². The summed E-state index contributed by atoms with van der Waals surface area (Å²) < 4.78 is 38.3. The number of anilines is 1. The number of hydrogen-bond acceptors (Lipinski definition) is 5. The molecule has 170 valence electrons. The predicted molar refractivity (Wildman–Crippen MR) is 123 cm³/mol. The van der Waals surface area contributed by atoms with Crippen molar-refractivity contribution in [1.82, 2.24) is 4.90 Å². The summed E-state index contributed by atoms with van der Waals surface area (Å²) in [7, 11) is 1.89. The van der Waals surface area contributed by atoms with Gasteiger partial charge in [0.05, 0.1) is 16.2 Å². The number of nitrogens with zero attached hydrogens (tertiary/aromatic N) is 2. The summed E-state index contributed by atoms with van der Waals surface area (Å²) in [4.78, 5) is 26.5. The molecule has 0 saturated heterocycles. The Bertz CT molecular complexity index is 1000. The lowest BCUT2D eigenvalue weighted by Crippen LogP contribution is -2.14. The average Bonchev–Trinajstić information content (AvgIpc) is 2.76. The molecular formula is C23H24F3N3O2S. The van der Waals surface area contributed by atoms with Crippen LogP contribution in [0.15, 0.2) is 75.9 Å². The van der Waals surface area contributed by atoms with Crippen molar-refractivity contribution in [1.29, 1.82) is 0 Å². The molecule has 0 fully saturated rings. The number of thioether (sulfide) groups is 1. The maximum atomic E-state index is 12.9. The molecule has 0 aromatic heterocycles. The van der Waals surface area contributed by atoms with Crippen LogP contribution < -0.4 is 5.32 Å². The van der Waals surface area contributed by atoms with E-state index in [0.29, 0.717) is 4.90 Å². The quantitative estimate of drug-likeness (QED) is 0.308. The number of nitrogens with one attached hydrogen (secondary N) is 1. The summed E-state index contributed by atoms with van der Waals surface area (Å²) in [5, 5.41) is 6.37. The van der Waals surface area contributed by atoms with Gasteiger partial charge in [-0.1, -0.05) is 37.3 Å². The maximum absolute atomic E-state index is 12.9. The van der Waals surface area contributed by atoms with Gasteiger partial charge < -0.3 is 10.2 Å². The lowest BCUT2D eigenvalue weighted by Gasteiger charge is -2.19. The van der Waals surface area contributed by atoms with Crippen LogP contribution in [0.25, 0.3) is 0 Å². The number of allylic oxidation sites excluding steroid dienone is 2. The van der Waals surface area contributed by atoms with E-state index in [-0.39, 0.29) is 16.9 Å². The van der Waals surface area contributed by atoms with Crippen LogP contribution in [0.2, 0.25) is 0 Å². The molecule has 9 heteroatoms. The zero-order valence-corrected chi connectivity index (χ0v) is 18.8.